The molecule has 186 valence electrons. The molecule has 7 nitrogen and oxygen atoms in total. The van der Waals surface area contributed by atoms with Gasteiger partial charge in [-0.25, -0.2) is 14.4 Å². The highest BCUT2D eigenvalue weighted by Crippen LogP contribution is 2.30. The summed E-state index contributed by atoms with van der Waals surface area (Å²) in [4.78, 5) is 29.4. The number of nitrogens with one attached hydrogen (secondary N) is 2. The lowest BCUT2D eigenvalue weighted by molar-refractivity contribution is 0.102. The van der Waals surface area contributed by atoms with E-state index >= 15 is 0 Å². The number of carbonyl (C=O) groups excluding carboxylic acids is 1. The van der Waals surface area contributed by atoms with E-state index in [0.717, 1.165) is 18.8 Å². The molecule has 1 fully saturated rings. The molecule has 2 N–H and O–H groups in total. The number of nitrogens with zero attached hydrogens (tertiary/aromatic N) is 4. The van der Waals surface area contributed by atoms with E-state index in [1.807, 2.05) is 12.1 Å². The average Bonchev–Trinajstić information content (AvgIpc) is 3.26. The Balaban J connectivity index is 1.36. The zero-order valence-corrected chi connectivity index (χ0v) is 21.5. The number of likely N-dealkylation sites (N-methyl/N-ethyl adjacent to an activating group) is 1. The van der Waals surface area contributed by atoms with Crippen molar-refractivity contribution >= 4 is 51.5 Å². The van der Waals surface area contributed by atoms with Gasteiger partial charge in [0.25, 0.3) is 5.91 Å². The standard InChI is InChI=1S/C26H25Cl2FN6O/c1-14-12-35(13-15(2)34(14)3)18-5-6-19(21(27)10-18)26(36)31-17-9-20(24(28)30-11-17)25-32-22-7-4-16(29)8-23(22)33-25/h4-11,14-15H,12-13H2,1-3H3,(H,31,36)(H,32,33)/t14-,15+. The van der Waals surface area contributed by atoms with Crippen molar-refractivity contribution in [1.29, 1.82) is 0 Å². The molecular formula is C26H25Cl2FN6O. The summed E-state index contributed by atoms with van der Waals surface area (Å²) in [5.74, 6) is -0.321. The zero-order valence-electron chi connectivity index (χ0n) is 20.0. The molecular weight excluding hydrogens is 502 g/mol. The number of H-pyrrole nitrogens is 1. The average molecular weight is 527 g/mol. The first-order valence-corrected chi connectivity index (χ1v) is 12.3. The molecule has 5 rings (SSSR count). The number of amides is 1. The van der Waals surface area contributed by atoms with Crippen molar-refractivity contribution in [2.45, 2.75) is 25.9 Å². The molecule has 0 bridgehead atoms. The van der Waals surface area contributed by atoms with E-state index in [4.69, 9.17) is 23.2 Å². The molecule has 0 spiro atoms. The third-order valence-corrected chi connectivity index (χ3v) is 7.33. The van der Waals surface area contributed by atoms with Crippen LogP contribution in [-0.2, 0) is 0 Å². The van der Waals surface area contributed by atoms with Gasteiger partial charge in [0.2, 0.25) is 0 Å². The van der Waals surface area contributed by atoms with Crippen LogP contribution in [0.25, 0.3) is 22.4 Å². The number of fused-ring (bicyclic) bond motifs is 1. The summed E-state index contributed by atoms with van der Waals surface area (Å²) in [5.41, 5.74) is 3.37. The van der Waals surface area contributed by atoms with Gasteiger partial charge in [0.1, 0.15) is 16.8 Å². The van der Waals surface area contributed by atoms with Gasteiger partial charge in [-0.3, -0.25) is 9.69 Å². The summed E-state index contributed by atoms with van der Waals surface area (Å²) in [6, 6.07) is 12.2. The molecule has 0 saturated carbocycles. The van der Waals surface area contributed by atoms with E-state index in [-0.39, 0.29) is 16.9 Å². The van der Waals surface area contributed by atoms with Crippen LogP contribution in [0.15, 0.2) is 48.7 Å². The van der Waals surface area contributed by atoms with Gasteiger partial charge < -0.3 is 15.2 Å². The summed E-state index contributed by atoms with van der Waals surface area (Å²) in [5, 5.41) is 3.40. The maximum atomic E-state index is 13.6. The molecule has 2 atom stereocenters. The van der Waals surface area contributed by atoms with Crippen molar-refractivity contribution in [2.75, 3.05) is 30.4 Å². The summed E-state index contributed by atoms with van der Waals surface area (Å²) in [6.45, 7) is 6.17. The Morgan fingerprint density at radius 3 is 2.58 bits per heavy atom. The predicted molar refractivity (Wildman–Crippen MR) is 143 cm³/mol. The van der Waals surface area contributed by atoms with E-state index in [1.54, 1.807) is 18.2 Å². The Labute approximate surface area is 218 Å². The molecule has 36 heavy (non-hydrogen) atoms. The molecule has 0 radical (unpaired) electrons. The van der Waals surface area contributed by atoms with Crippen molar-refractivity contribution in [3.05, 3.63) is 70.2 Å². The monoisotopic (exact) mass is 526 g/mol. The van der Waals surface area contributed by atoms with Gasteiger partial charge in [0.15, 0.2) is 0 Å². The van der Waals surface area contributed by atoms with E-state index in [9.17, 15) is 9.18 Å². The number of rotatable bonds is 4. The second-order valence-electron chi connectivity index (χ2n) is 9.20. The first-order chi connectivity index (χ1) is 17.2. The molecule has 1 aliphatic rings. The summed E-state index contributed by atoms with van der Waals surface area (Å²) in [6.07, 6.45) is 1.46. The number of aromatic amines is 1. The van der Waals surface area contributed by atoms with Gasteiger partial charge in [0, 0.05) is 30.9 Å². The van der Waals surface area contributed by atoms with E-state index in [2.05, 4.69) is 51.0 Å². The topological polar surface area (TPSA) is 77.1 Å². The van der Waals surface area contributed by atoms with Crippen LogP contribution in [0.5, 0.6) is 0 Å². The minimum Gasteiger partial charge on any atom is -0.368 e. The third kappa shape index (κ3) is 4.76. The minimum absolute atomic E-state index is 0.200. The molecule has 10 heteroatoms. The van der Waals surface area contributed by atoms with Crippen LogP contribution in [0.3, 0.4) is 0 Å². The van der Waals surface area contributed by atoms with Crippen molar-refractivity contribution in [1.82, 2.24) is 19.9 Å². The van der Waals surface area contributed by atoms with Crippen molar-refractivity contribution in [2.24, 2.45) is 0 Å². The lowest BCUT2D eigenvalue weighted by atomic mass is 10.1. The molecule has 2 aromatic heterocycles. The Morgan fingerprint density at radius 1 is 1.11 bits per heavy atom. The fourth-order valence-electron chi connectivity index (χ4n) is 4.49. The van der Waals surface area contributed by atoms with Crippen LogP contribution in [0.4, 0.5) is 15.8 Å². The van der Waals surface area contributed by atoms with Crippen LogP contribution in [0.2, 0.25) is 10.2 Å². The lowest BCUT2D eigenvalue weighted by Gasteiger charge is -2.43. The number of piperazine rings is 1. The summed E-state index contributed by atoms with van der Waals surface area (Å²) in [7, 11) is 2.14. The molecule has 4 aromatic rings. The van der Waals surface area contributed by atoms with Crippen molar-refractivity contribution < 1.29 is 9.18 Å². The Bertz CT molecular complexity index is 1450. The van der Waals surface area contributed by atoms with E-state index in [1.165, 1.54) is 18.3 Å². The Kier molecular flexibility index (Phi) is 6.59. The van der Waals surface area contributed by atoms with E-state index in [0.29, 0.717) is 50.8 Å². The van der Waals surface area contributed by atoms with Crippen molar-refractivity contribution in [3.8, 4) is 11.4 Å². The second-order valence-corrected chi connectivity index (χ2v) is 9.96. The Hall–Kier alpha value is -3.20. The first kappa shape index (κ1) is 24.5. The predicted octanol–water partition coefficient (Wildman–Crippen LogP) is 5.85. The number of benzene rings is 2. The molecule has 0 aliphatic carbocycles. The quantitative estimate of drug-likeness (QED) is 0.326. The second kappa shape index (κ2) is 9.69. The normalized spacial score (nSPS) is 18.6. The number of imidazole rings is 1. The van der Waals surface area contributed by atoms with Crippen LogP contribution in [0, 0.1) is 5.82 Å². The lowest BCUT2D eigenvalue weighted by Crippen LogP contribution is -2.55. The minimum atomic E-state index is -0.373. The third-order valence-electron chi connectivity index (χ3n) is 6.72. The highest BCUT2D eigenvalue weighted by atomic mass is 35.5. The smallest absolute Gasteiger partial charge is 0.257 e. The van der Waals surface area contributed by atoms with Crippen LogP contribution in [-0.4, -0.2) is 58.0 Å². The number of anilines is 2. The largest absolute Gasteiger partial charge is 0.368 e. The first-order valence-electron chi connectivity index (χ1n) is 11.6. The van der Waals surface area contributed by atoms with Crippen LogP contribution < -0.4 is 10.2 Å². The van der Waals surface area contributed by atoms with Gasteiger partial charge in [-0.15, -0.1) is 0 Å². The highest BCUT2D eigenvalue weighted by molar-refractivity contribution is 6.35. The van der Waals surface area contributed by atoms with E-state index < -0.39 is 0 Å². The Morgan fingerprint density at radius 2 is 1.86 bits per heavy atom. The molecule has 2 aromatic carbocycles. The fraction of sp³-hybridized carbons (Fsp3) is 0.269. The van der Waals surface area contributed by atoms with Crippen molar-refractivity contribution in [3.63, 3.8) is 0 Å². The fourth-order valence-corrected chi connectivity index (χ4v) is 4.94. The van der Waals surface area contributed by atoms with Crippen LogP contribution >= 0.6 is 23.2 Å². The van der Waals surface area contributed by atoms with Gasteiger partial charge in [-0.2, -0.15) is 0 Å². The molecule has 1 saturated heterocycles. The number of halogens is 3. The summed E-state index contributed by atoms with van der Waals surface area (Å²) < 4.78 is 13.6. The SMILES string of the molecule is C[C@@H]1CN(c2ccc(C(=O)Nc3cnc(Cl)c(-c4nc5ccc(F)cc5[nH]4)c3)c(Cl)c2)C[C@H](C)N1C. The molecule has 3 heterocycles. The van der Waals surface area contributed by atoms with Crippen LogP contribution in [0.1, 0.15) is 24.2 Å². The maximum absolute atomic E-state index is 13.6. The summed E-state index contributed by atoms with van der Waals surface area (Å²) >= 11 is 12.8. The van der Waals surface area contributed by atoms with Gasteiger partial charge in [-0.1, -0.05) is 23.2 Å². The molecule has 1 aliphatic heterocycles. The number of hydrogen-bond donors (Lipinski definition) is 2. The number of aromatic nitrogens is 3. The number of hydrogen-bond acceptors (Lipinski definition) is 5. The zero-order chi connectivity index (χ0) is 25.6. The molecule has 0 unspecified atom stereocenters. The highest BCUT2D eigenvalue weighted by Gasteiger charge is 2.27. The van der Waals surface area contributed by atoms with Gasteiger partial charge >= 0.3 is 0 Å². The molecule has 1 amide bonds. The van der Waals surface area contributed by atoms with Gasteiger partial charge in [-0.05, 0) is 63.4 Å². The number of carbonyl (C=O) groups is 1. The maximum Gasteiger partial charge on any atom is 0.257 e. The number of pyridine rings is 1. The van der Waals surface area contributed by atoms with Gasteiger partial charge in [0.05, 0.1) is 39.1 Å².